The fraction of sp³-hybridized carbons (Fsp3) is 0.562. The zero-order valence-corrected chi connectivity index (χ0v) is 12.7. The SMILES string of the molecule is CC1OCCN(C(=O)NCCCc2ccc(O)cc2)C1C. The van der Waals surface area contributed by atoms with Gasteiger partial charge in [0.25, 0.3) is 0 Å². The van der Waals surface area contributed by atoms with E-state index in [1.165, 1.54) is 0 Å². The molecule has 0 bridgehead atoms. The molecule has 1 aliphatic heterocycles. The lowest BCUT2D eigenvalue weighted by atomic mass is 10.1. The van der Waals surface area contributed by atoms with E-state index in [4.69, 9.17) is 4.74 Å². The van der Waals surface area contributed by atoms with Gasteiger partial charge in [-0.25, -0.2) is 4.79 Å². The molecule has 1 aromatic carbocycles. The van der Waals surface area contributed by atoms with E-state index in [9.17, 15) is 9.90 Å². The van der Waals surface area contributed by atoms with E-state index in [1.807, 2.05) is 30.9 Å². The van der Waals surface area contributed by atoms with Crippen LogP contribution in [0.15, 0.2) is 24.3 Å². The van der Waals surface area contributed by atoms with Crippen molar-refractivity contribution in [2.75, 3.05) is 19.7 Å². The van der Waals surface area contributed by atoms with Crippen LogP contribution in [0.5, 0.6) is 5.75 Å². The summed E-state index contributed by atoms with van der Waals surface area (Å²) >= 11 is 0. The number of amides is 2. The van der Waals surface area contributed by atoms with Gasteiger partial charge in [-0.05, 0) is 44.4 Å². The average Bonchev–Trinajstić information content (AvgIpc) is 2.48. The number of nitrogens with one attached hydrogen (secondary N) is 1. The Morgan fingerprint density at radius 3 is 2.81 bits per heavy atom. The summed E-state index contributed by atoms with van der Waals surface area (Å²) in [6.45, 7) is 5.91. The molecule has 1 aromatic rings. The number of carbonyl (C=O) groups excluding carboxylic acids is 1. The fourth-order valence-electron chi connectivity index (χ4n) is 2.47. The maximum Gasteiger partial charge on any atom is 0.317 e. The Balaban J connectivity index is 1.70. The van der Waals surface area contributed by atoms with Gasteiger partial charge in [0.05, 0.1) is 18.8 Å². The first-order valence-corrected chi connectivity index (χ1v) is 7.52. The van der Waals surface area contributed by atoms with Crippen molar-refractivity contribution in [2.24, 2.45) is 0 Å². The van der Waals surface area contributed by atoms with Crippen LogP contribution < -0.4 is 5.32 Å². The third kappa shape index (κ3) is 4.36. The van der Waals surface area contributed by atoms with E-state index in [2.05, 4.69) is 5.32 Å². The highest BCUT2D eigenvalue weighted by Gasteiger charge is 2.28. The Hall–Kier alpha value is -1.75. The molecule has 2 rings (SSSR count). The minimum absolute atomic E-state index is 0.0108. The Morgan fingerprint density at radius 1 is 1.38 bits per heavy atom. The highest BCUT2D eigenvalue weighted by Crippen LogP contribution is 2.13. The number of urea groups is 1. The van der Waals surface area contributed by atoms with Crippen molar-refractivity contribution in [1.29, 1.82) is 0 Å². The number of nitrogens with zero attached hydrogens (tertiary/aromatic N) is 1. The third-order valence-electron chi connectivity index (χ3n) is 4.00. The van der Waals surface area contributed by atoms with Gasteiger partial charge in [0.15, 0.2) is 0 Å². The van der Waals surface area contributed by atoms with Gasteiger partial charge in [0.1, 0.15) is 5.75 Å². The zero-order valence-electron chi connectivity index (χ0n) is 12.7. The monoisotopic (exact) mass is 292 g/mol. The number of benzene rings is 1. The van der Waals surface area contributed by atoms with Crippen LogP contribution in [-0.2, 0) is 11.2 Å². The average molecular weight is 292 g/mol. The molecule has 0 saturated carbocycles. The van der Waals surface area contributed by atoms with Crippen molar-refractivity contribution < 1.29 is 14.6 Å². The molecular weight excluding hydrogens is 268 g/mol. The maximum absolute atomic E-state index is 12.1. The Bertz CT molecular complexity index is 461. The number of carbonyl (C=O) groups is 1. The van der Waals surface area contributed by atoms with Crippen molar-refractivity contribution in [3.05, 3.63) is 29.8 Å². The molecule has 0 aromatic heterocycles. The predicted octanol–water partition coefficient (Wildman–Crippen LogP) is 2.14. The molecular formula is C16H24N2O3. The smallest absolute Gasteiger partial charge is 0.317 e. The molecule has 21 heavy (non-hydrogen) atoms. The first kappa shape index (κ1) is 15.6. The van der Waals surface area contributed by atoms with Gasteiger partial charge >= 0.3 is 6.03 Å². The van der Waals surface area contributed by atoms with Crippen LogP contribution in [0, 0.1) is 0 Å². The molecule has 2 N–H and O–H groups in total. The summed E-state index contributed by atoms with van der Waals surface area (Å²) in [5.74, 6) is 0.280. The second kappa shape index (κ2) is 7.31. The van der Waals surface area contributed by atoms with Crippen molar-refractivity contribution in [3.8, 4) is 5.75 Å². The van der Waals surface area contributed by atoms with Gasteiger partial charge in [0, 0.05) is 13.1 Å². The van der Waals surface area contributed by atoms with Gasteiger partial charge in [-0.2, -0.15) is 0 Å². The quantitative estimate of drug-likeness (QED) is 0.836. The second-order valence-electron chi connectivity index (χ2n) is 5.51. The molecule has 2 amide bonds. The van der Waals surface area contributed by atoms with Crippen molar-refractivity contribution >= 4 is 6.03 Å². The van der Waals surface area contributed by atoms with Crippen molar-refractivity contribution in [1.82, 2.24) is 10.2 Å². The van der Waals surface area contributed by atoms with Crippen LogP contribution in [0.2, 0.25) is 0 Å². The second-order valence-corrected chi connectivity index (χ2v) is 5.51. The van der Waals surface area contributed by atoms with E-state index in [0.29, 0.717) is 19.7 Å². The summed E-state index contributed by atoms with van der Waals surface area (Å²) in [5, 5.41) is 12.2. The molecule has 5 heteroatoms. The molecule has 1 fully saturated rings. The minimum atomic E-state index is -0.0108. The normalized spacial score (nSPS) is 22.1. The molecule has 1 aliphatic rings. The first-order chi connectivity index (χ1) is 10.1. The van der Waals surface area contributed by atoms with Gasteiger partial charge in [-0.15, -0.1) is 0 Å². The highest BCUT2D eigenvalue weighted by atomic mass is 16.5. The summed E-state index contributed by atoms with van der Waals surface area (Å²) in [6, 6.07) is 7.28. The van der Waals surface area contributed by atoms with Crippen molar-refractivity contribution in [2.45, 2.75) is 38.8 Å². The Morgan fingerprint density at radius 2 is 2.10 bits per heavy atom. The first-order valence-electron chi connectivity index (χ1n) is 7.52. The lowest BCUT2D eigenvalue weighted by Gasteiger charge is -2.37. The van der Waals surface area contributed by atoms with Crippen LogP contribution in [0.3, 0.4) is 0 Å². The summed E-state index contributed by atoms with van der Waals surface area (Å²) in [6.07, 6.45) is 1.85. The highest BCUT2D eigenvalue weighted by molar-refractivity contribution is 5.74. The third-order valence-corrected chi connectivity index (χ3v) is 4.00. The van der Waals surface area contributed by atoms with E-state index < -0.39 is 0 Å². The van der Waals surface area contributed by atoms with Gasteiger partial charge < -0.3 is 20.1 Å². The molecule has 0 radical (unpaired) electrons. The summed E-state index contributed by atoms with van der Waals surface area (Å²) in [7, 11) is 0. The Kier molecular flexibility index (Phi) is 5.44. The molecule has 5 nitrogen and oxygen atoms in total. The molecule has 2 atom stereocenters. The van der Waals surface area contributed by atoms with Gasteiger partial charge in [-0.1, -0.05) is 12.1 Å². The molecule has 0 spiro atoms. The summed E-state index contributed by atoms with van der Waals surface area (Å²) in [5.41, 5.74) is 1.16. The van der Waals surface area contributed by atoms with E-state index in [0.717, 1.165) is 18.4 Å². The number of hydrogen-bond acceptors (Lipinski definition) is 3. The summed E-state index contributed by atoms with van der Waals surface area (Å²) in [4.78, 5) is 14.0. The largest absolute Gasteiger partial charge is 0.508 e. The molecule has 116 valence electrons. The van der Waals surface area contributed by atoms with E-state index in [-0.39, 0.29) is 23.9 Å². The van der Waals surface area contributed by atoms with Gasteiger partial charge in [-0.3, -0.25) is 0 Å². The number of aromatic hydroxyl groups is 1. The van der Waals surface area contributed by atoms with Crippen LogP contribution in [0.4, 0.5) is 4.79 Å². The maximum atomic E-state index is 12.1. The standard InChI is InChI=1S/C16H24N2O3/c1-12-13(2)21-11-10-18(12)16(20)17-9-3-4-14-5-7-15(19)8-6-14/h5-8,12-13,19H,3-4,9-11H2,1-2H3,(H,17,20). The molecule has 1 heterocycles. The van der Waals surface area contributed by atoms with Crippen LogP contribution in [0.1, 0.15) is 25.8 Å². The van der Waals surface area contributed by atoms with E-state index >= 15 is 0 Å². The van der Waals surface area contributed by atoms with Crippen LogP contribution in [0.25, 0.3) is 0 Å². The lowest BCUT2D eigenvalue weighted by molar-refractivity contribution is -0.0375. The number of morpholine rings is 1. The minimum Gasteiger partial charge on any atom is -0.508 e. The topological polar surface area (TPSA) is 61.8 Å². The number of phenolic OH excluding ortho intramolecular Hbond substituents is 1. The Labute approximate surface area is 125 Å². The molecule has 0 aliphatic carbocycles. The molecule has 2 unspecified atom stereocenters. The lowest BCUT2D eigenvalue weighted by Crippen LogP contribution is -2.54. The number of ether oxygens (including phenoxy) is 1. The number of phenols is 1. The van der Waals surface area contributed by atoms with Gasteiger partial charge in [0.2, 0.25) is 0 Å². The number of rotatable bonds is 4. The molecule has 1 saturated heterocycles. The number of aryl methyl sites for hydroxylation is 1. The van der Waals surface area contributed by atoms with Crippen LogP contribution in [-0.4, -0.2) is 47.9 Å². The van der Waals surface area contributed by atoms with Crippen molar-refractivity contribution in [3.63, 3.8) is 0 Å². The zero-order chi connectivity index (χ0) is 15.2. The predicted molar refractivity (Wildman–Crippen MR) is 81.4 cm³/mol. The number of hydrogen-bond donors (Lipinski definition) is 2. The van der Waals surface area contributed by atoms with Crippen LogP contribution >= 0.6 is 0 Å². The fourth-order valence-corrected chi connectivity index (χ4v) is 2.47. The summed E-state index contributed by atoms with van der Waals surface area (Å²) < 4.78 is 5.52. The van der Waals surface area contributed by atoms with E-state index in [1.54, 1.807) is 12.1 Å².